The summed E-state index contributed by atoms with van der Waals surface area (Å²) >= 11 is 0. The van der Waals surface area contributed by atoms with Crippen LogP contribution in [0.15, 0.2) is 24.3 Å². The van der Waals surface area contributed by atoms with Gasteiger partial charge < -0.3 is 19.9 Å². The first-order valence-corrected chi connectivity index (χ1v) is 11.2. The second-order valence-electron chi connectivity index (χ2n) is 9.68. The molecule has 0 aliphatic carbocycles. The van der Waals surface area contributed by atoms with Gasteiger partial charge in [-0.3, -0.25) is 19.2 Å². The second kappa shape index (κ2) is 9.71. The molecule has 1 unspecified atom stereocenters. The molecular weight excluding hydrogens is 410 g/mol. The zero-order valence-corrected chi connectivity index (χ0v) is 19.3. The summed E-state index contributed by atoms with van der Waals surface area (Å²) in [5.74, 6) is -0.192. The van der Waals surface area contributed by atoms with Crippen molar-refractivity contribution in [1.82, 2.24) is 15.1 Å². The molecule has 8 heteroatoms. The summed E-state index contributed by atoms with van der Waals surface area (Å²) in [7, 11) is 0. The van der Waals surface area contributed by atoms with E-state index in [1.165, 1.54) is 6.92 Å². The number of hydrogen-bond acceptors (Lipinski definition) is 5. The Morgan fingerprint density at radius 2 is 1.84 bits per heavy atom. The van der Waals surface area contributed by atoms with Crippen molar-refractivity contribution >= 4 is 23.7 Å². The van der Waals surface area contributed by atoms with E-state index in [4.69, 9.17) is 4.74 Å². The van der Waals surface area contributed by atoms with Crippen LogP contribution in [0.3, 0.4) is 0 Å². The Morgan fingerprint density at radius 1 is 1.16 bits per heavy atom. The number of esters is 1. The molecule has 3 amide bonds. The number of carbonyl (C=O) groups excluding carboxylic acids is 4. The first-order valence-electron chi connectivity index (χ1n) is 11.2. The molecule has 1 N–H and O–H groups in total. The molecule has 2 saturated heterocycles. The minimum absolute atomic E-state index is 0.0299. The van der Waals surface area contributed by atoms with Gasteiger partial charge >= 0.3 is 5.97 Å². The topological polar surface area (TPSA) is 96.0 Å². The third-order valence-corrected chi connectivity index (χ3v) is 6.11. The summed E-state index contributed by atoms with van der Waals surface area (Å²) in [6.45, 7) is 9.50. The standard InChI is InChI=1S/C24H33N3O5/c1-16(28)32-20-7-5-6-18(12-20)23(31)26-10-8-17(9-11-26)14-25-22(30)19-13-21(29)27(15-19)24(2,3)4/h5-7,12,17,19H,8-11,13-15H2,1-4H3,(H,25,30). The maximum atomic E-state index is 12.8. The van der Waals surface area contributed by atoms with E-state index < -0.39 is 5.97 Å². The largest absolute Gasteiger partial charge is 0.427 e. The summed E-state index contributed by atoms with van der Waals surface area (Å²) in [6, 6.07) is 6.64. The van der Waals surface area contributed by atoms with Crippen LogP contribution in [0.5, 0.6) is 5.75 Å². The Balaban J connectivity index is 1.45. The van der Waals surface area contributed by atoms with Crippen molar-refractivity contribution in [2.45, 2.75) is 52.5 Å². The van der Waals surface area contributed by atoms with E-state index in [1.807, 2.05) is 20.8 Å². The molecule has 8 nitrogen and oxygen atoms in total. The minimum atomic E-state index is -0.425. The lowest BCUT2D eigenvalue weighted by Gasteiger charge is -2.33. The molecule has 2 heterocycles. The van der Waals surface area contributed by atoms with Crippen LogP contribution in [0.4, 0.5) is 0 Å². The molecule has 1 aromatic rings. The van der Waals surface area contributed by atoms with Crippen LogP contribution in [0.1, 0.15) is 57.3 Å². The van der Waals surface area contributed by atoms with E-state index in [-0.39, 0.29) is 35.6 Å². The normalized spacial score (nSPS) is 19.8. The SMILES string of the molecule is CC(=O)Oc1cccc(C(=O)N2CCC(CNC(=O)C3CC(=O)N(C(C)(C)C)C3)CC2)c1. The van der Waals surface area contributed by atoms with Gasteiger partial charge in [-0.1, -0.05) is 6.07 Å². The number of carbonyl (C=O) groups is 4. The third-order valence-electron chi connectivity index (χ3n) is 6.11. The molecule has 3 rings (SSSR count). The summed E-state index contributed by atoms with van der Waals surface area (Å²) in [4.78, 5) is 52.3. The van der Waals surface area contributed by atoms with E-state index >= 15 is 0 Å². The molecule has 0 radical (unpaired) electrons. The van der Waals surface area contributed by atoms with E-state index in [0.29, 0.717) is 43.4 Å². The van der Waals surface area contributed by atoms with E-state index in [1.54, 1.807) is 34.1 Å². The lowest BCUT2D eigenvalue weighted by Crippen LogP contribution is -2.44. The van der Waals surface area contributed by atoms with Gasteiger partial charge in [0, 0.05) is 50.6 Å². The molecule has 174 valence electrons. The highest BCUT2D eigenvalue weighted by atomic mass is 16.5. The number of ether oxygens (including phenoxy) is 1. The molecular formula is C24H33N3O5. The lowest BCUT2D eigenvalue weighted by molar-refractivity contribution is -0.132. The van der Waals surface area contributed by atoms with Crippen molar-refractivity contribution in [2.75, 3.05) is 26.2 Å². The minimum Gasteiger partial charge on any atom is -0.427 e. The maximum Gasteiger partial charge on any atom is 0.308 e. The molecule has 2 fully saturated rings. The fourth-order valence-electron chi connectivity index (χ4n) is 4.30. The Kier molecular flexibility index (Phi) is 7.21. The van der Waals surface area contributed by atoms with Crippen LogP contribution in [0.2, 0.25) is 0 Å². The maximum absolute atomic E-state index is 12.8. The average molecular weight is 444 g/mol. The Morgan fingerprint density at radius 3 is 2.44 bits per heavy atom. The average Bonchev–Trinajstić information content (AvgIpc) is 3.14. The predicted molar refractivity (Wildman–Crippen MR) is 119 cm³/mol. The van der Waals surface area contributed by atoms with E-state index in [2.05, 4.69) is 5.32 Å². The zero-order valence-electron chi connectivity index (χ0n) is 19.3. The van der Waals surface area contributed by atoms with Gasteiger partial charge in [-0.2, -0.15) is 0 Å². The first kappa shape index (κ1) is 23.8. The monoisotopic (exact) mass is 443 g/mol. The first-order chi connectivity index (χ1) is 15.0. The van der Waals surface area contributed by atoms with Crippen molar-refractivity contribution < 1.29 is 23.9 Å². The van der Waals surface area contributed by atoms with Crippen LogP contribution in [0.25, 0.3) is 0 Å². The van der Waals surface area contributed by atoms with Crippen molar-refractivity contribution in [3.05, 3.63) is 29.8 Å². The van der Waals surface area contributed by atoms with Gasteiger partial charge in [0.15, 0.2) is 0 Å². The van der Waals surface area contributed by atoms with Crippen LogP contribution >= 0.6 is 0 Å². The lowest BCUT2D eigenvalue weighted by atomic mass is 9.95. The molecule has 0 spiro atoms. The smallest absolute Gasteiger partial charge is 0.308 e. The van der Waals surface area contributed by atoms with Gasteiger partial charge in [-0.25, -0.2) is 0 Å². The molecule has 0 bridgehead atoms. The highest BCUT2D eigenvalue weighted by Gasteiger charge is 2.39. The number of benzene rings is 1. The summed E-state index contributed by atoms with van der Waals surface area (Å²) < 4.78 is 5.06. The number of amides is 3. The number of rotatable bonds is 5. The molecule has 2 aliphatic heterocycles. The summed E-state index contributed by atoms with van der Waals surface area (Å²) in [5.41, 5.74) is 0.216. The quantitative estimate of drug-likeness (QED) is 0.556. The van der Waals surface area contributed by atoms with Gasteiger partial charge in [0.1, 0.15) is 5.75 Å². The van der Waals surface area contributed by atoms with Crippen molar-refractivity contribution in [1.29, 1.82) is 0 Å². The number of hydrogen-bond donors (Lipinski definition) is 1. The predicted octanol–water partition coefficient (Wildman–Crippen LogP) is 2.23. The second-order valence-corrected chi connectivity index (χ2v) is 9.68. The summed E-state index contributed by atoms with van der Waals surface area (Å²) in [6.07, 6.45) is 1.86. The van der Waals surface area contributed by atoms with Crippen molar-refractivity contribution in [3.8, 4) is 5.75 Å². The fourth-order valence-corrected chi connectivity index (χ4v) is 4.30. The fraction of sp³-hybridized carbons (Fsp3) is 0.583. The van der Waals surface area contributed by atoms with Crippen LogP contribution in [0, 0.1) is 11.8 Å². The Labute approximate surface area is 189 Å². The van der Waals surface area contributed by atoms with E-state index in [9.17, 15) is 19.2 Å². The zero-order chi connectivity index (χ0) is 23.5. The third kappa shape index (κ3) is 5.87. The number of likely N-dealkylation sites (tertiary alicyclic amines) is 2. The Bertz CT molecular complexity index is 884. The molecule has 1 aromatic carbocycles. The molecule has 0 saturated carbocycles. The highest BCUT2D eigenvalue weighted by Crippen LogP contribution is 2.26. The van der Waals surface area contributed by atoms with Gasteiger partial charge in [-0.15, -0.1) is 0 Å². The van der Waals surface area contributed by atoms with E-state index in [0.717, 1.165) is 12.8 Å². The van der Waals surface area contributed by atoms with Crippen LogP contribution in [-0.4, -0.2) is 65.2 Å². The van der Waals surface area contributed by atoms with Crippen LogP contribution in [-0.2, 0) is 14.4 Å². The number of nitrogens with zero attached hydrogens (tertiary/aromatic N) is 2. The van der Waals surface area contributed by atoms with Crippen molar-refractivity contribution in [2.24, 2.45) is 11.8 Å². The van der Waals surface area contributed by atoms with Gasteiger partial charge in [-0.05, 0) is 57.7 Å². The van der Waals surface area contributed by atoms with Gasteiger partial charge in [0.05, 0.1) is 5.92 Å². The van der Waals surface area contributed by atoms with Crippen molar-refractivity contribution in [3.63, 3.8) is 0 Å². The molecule has 2 aliphatic rings. The highest BCUT2D eigenvalue weighted by molar-refractivity contribution is 5.95. The van der Waals surface area contributed by atoms with Gasteiger partial charge in [0.2, 0.25) is 11.8 Å². The summed E-state index contributed by atoms with van der Waals surface area (Å²) in [5, 5.41) is 3.02. The van der Waals surface area contributed by atoms with Crippen LogP contribution < -0.4 is 10.1 Å². The van der Waals surface area contributed by atoms with Gasteiger partial charge in [0.25, 0.3) is 5.91 Å². The molecule has 0 aromatic heterocycles. The molecule has 32 heavy (non-hydrogen) atoms. The number of piperidine rings is 1. The number of nitrogens with one attached hydrogen (secondary N) is 1. The molecule has 1 atom stereocenters. The Hall–Kier alpha value is -2.90.